The lowest BCUT2D eigenvalue weighted by Crippen LogP contribution is -2.51. The molecule has 120 valence electrons. The Morgan fingerprint density at radius 1 is 1.22 bits per heavy atom. The molecule has 7 nitrogen and oxygen atoms in total. The fourth-order valence-corrected chi connectivity index (χ4v) is 2.41. The molecule has 2 rings (SSSR count). The number of hydrogen-bond donors (Lipinski definition) is 0. The third-order valence-electron chi connectivity index (χ3n) is 3.80. The molecule has 3 amide bonds. The molecular formula is C16H18N4O3. The number of nitriles is 1. The van der Waals surface area contributed by atoms with Gasteiger partial charge in [-0.3, -0.25) is 14.4 Å². The molecular weight excluding hydrogens is 296 g/mol. The van der Waals surface area contributed by atoms with Crippen molar-refractivity contribution >= 4 is 23.9 Å². The lowest BCUT2D eigenvalue weighted by molar-refractivity contribution is -0.134. The van der Waals surface area contributed by atoms with Crippen molar-refractivity contribution in [2.24, 2.45) is 0 Å². The summed E-state index contributed by atoms with van der Waals surface area (Å²) in [5, 5.41) is 8.81. The van der Waals surface area contributed by atoms with Crippen LogP contribution in [0.5, 0.6) is 0 Å². The van der Waals surface area contributed by atoms with Crippen LogP contribution in [0.25, 0.3) is 0 Å². The molecule has 1 aromatic rings. The molecule has 0 spiro atoms. The number of rotatable bonds is 4. The Balaban J connectivity index is 2.04. The van der Waals surface area contributed by atoms with Gasteiger partial charge in [0, 0.05) is 38.8 Å². The Labute approximate surface area is 134 Å². The summed E-state index contributed by atoms with van der Waals surface area (Å²) in [6, 6.07) is 8.53. The number of nitrogens with zero attached hydrogens (tertiary/aromatic N) is 4. The van der Waals surface area contributed by atoms with E-state index in [1.165, 1.54) is 11.8 Å². The van der Waals surface area contributed by atoms with Gasteiger partial charge in [0.25, 0.3) is 0 Å². The number of carbonyl (C=O) groups excluding carboxylic acids is 3. The van der Waals surface area contributed by atoms with Gasteiger partial charge >= 0.3 is 0 Å². The van der Waals surface area contributed by atoms with Gasteiger partial charge in [-0.05, 0) is 24.3 Å². The second-order valence-electron chi connectivity index (χ2n) is 5.29. The third kappa shape index (κ3) is 4.07. The molecule has 0 saturated carbocycles. The number of carbonyl (C=O) groups is 3. The van der Waals surface area contributed by atoms with Gasteiger partial charge in [0.2, 0.25) is 18.2 Å². The smallest absolute Gasteiger partial charge is 0.242 e. The highest BCUT2D eigenvalue weighted by Crippen LogP contribution is 2.16. The van der Waals surface area contributed by atoms with E-state index in [1.807, 2.05) is 6.07 Å². The van der Waals surface area contributed by atoms with Crippen LogP contribution in [0.3, 0.4) is 0 Å². The van der Waals surface area contributed by atoms with Crippen LogP contribution in [0, 0.1) is 11.3 Å². The van der Waals surface area contributed by atoms with Crippen LogP contribution in [0.15, 0.2) is 24.3 Å². The van der Waals surface area contributed by atoms with Crippen LogP contribution < -0.4 is 4.90 Å². The van der Waals surface area contributed by atoms with Gasteiger partial charge in [-0.25, -0.2) is 0 Å². The van der Waals surface area contributed by atoms with Crippen molar-refractivity contribution < 1.29 is 14.4 Å². The minimum Gasteiger partial charge on any atom is -0.342 e. The molecule has 1 fully saturated rings. The van der Waals surface area contributed by atoms with Gasteiger partial charge in [-0.2, -0.15) is 5.26 Å². The molecule has 1 aromatic carbocycles. The highest BCUT2D eigenvalue weighted by molar-refractivity contribution is 5.97. The molecule has 0 aliphatic carbocycles. The normalized spacial score (nSPS) is 14.1. The molecule has 1 aliphatic rings. The summed E-state index contributed by atoms with van der Waals surface area (Å²) >= 11 is 0. The number of piperazine rings is 1. The first-order valence-electron chi connectivity index (χ1n) is 7.30. The lowest BCUT2D eigenvalue weighted by Gasteiger charge is -2.34. The van der Waals surface area contributed by atoms with Crippen molar-refractivity contribution in [3.8, 4) is 6.07 Å². The summed E-state index contributed by atoms with van der Waals surface area (Å²) in [6.07, 6.45) is 0.778. The molecule has 1 aliphatic heterocycles. The first-order valence-corrected chi connectivity index (χ1v) is 7.30. The highest BCUT2D eigenvalue weighted by Gasteiger charge is 2.23. The predicted molar refractivity (Wildman–Crippen MR) is 83.4 cm³/mol. The quantitative estimate of drug-likeness (QED) is 0.744. The van der Waals surface area contributed by atoms with Crippen molar-refractivity contribution in [1.82, 2.24) is 9.80 Å². The van der Waals surface area contributed by atoms with Crippen molar-refractivity contribution in [2.45, 2.75) is 6.92 Å². The summed E-state index contributed by atoms with van der Waals surface area (Å²) in [5.41, 5.74) is 1.07. The average molecular weight is 314 g/mol. The first-order chi connectivity index (χ1) is 11.0. The molecule has 1 saturated heterocycles. The van der Waals surface area contributed by atoms with Gasteiger partial charge in [-0.15, -0.1) is 0 Å². The Bertz CT molecular complexity index is 628. The maximum absolute atomic E-state index is 12.4. The van der Waals surface area contributed by atoms with Crippen LogP contribution in [0.1, 0.15) is 12.5 Å². The minimum absolute atomic E-state index is 0.0533. The second kappa shape index (κ2) is 7.40. The molecule has 0 unspecified atom stereocenters. The first kappa shape index (κ1) is 16.5. The van der Waals surface area contributed by atoms with E-state index in [-0.39, 0.29) is 18.4 Å². The molecule has 0 radical (unpaired) electrons. The molecule has 1 heterocycles. The van der Waals surface area contributed by atoms with E-state index >= 15 is 0 Å². The Kier molecular flexibility index (Phi) is 5.31. The second-order valence-corrected chi connectivity index (χ2v) is 5.29. The van der Waals surface area contributed by atoms with Crippen molar-refractivity contribution in [2.75, 3.05) is 37.6 Å². The third-order valence-corrected chi connectivity index (χ3v) is 3.80. The Morgan fingerprint density at radius 3 is 2.30 bits per heavy atom. The van der Waals surface area contributed by atoms with E-state index in [0.717, 1.165) is 6.41 Å². The molecule has 0 aromatic heterocycles. The summed E-state index contributed by atoms with van der Waals surface area (Å²) in [7, 11) is 0. The van der Waals surface area contributed by atoms with Gasteiger partial charge in [0.1, 0.15) is 6.54 Å². The van der Waals surface area contributed by atoms with E-state index in [1.54, 1.807) is 34.1 Å². The standard InChI is InChI=1S/C16H18N4O3/c1-13(22)20(15-4-2-14(10-17)3-5-15)11-16(23)19-8-6-18(12-21)7-9-19/h2-5,12H,6-9,11H2,1H3. The maximum Gasteiger partial charge on any atom is 0.242 e. The molecule has 0 N–H and O–H groups in total. The SMILES string of the molecule is CC(=O)N(CC(=O)N1CCN(C=O)CC1)c1ccc(C#N)cc1. The Hall–Kier alpha value is -2.88. The number of benzene rings is 1. The zero-order valence-electron chi connectivity index (χ0n) is 12.9. The molecule has 7 heteroatoms. The summed E-state index contributed by atoms with van der Waals surface area (Å²) in [6.45, 7) is 3.30. The van der Waals surface area contributed by atoms with Crippen molar-refractivity contribution in [1.29, 1.82) is 5.26 Å². The largest absolute Gasteiger partial charge is 0.342 e. The summed E-state index contributed by atoms with van der Waals surface area (Å²) < 4.78 is 0. The molecule has 23 heavy (non-hydrogen) atoms. The zero-order chi connectivity index (χ0) is 16.8. The number of anilines is 1. The van der Waals surface area contributed by atoms with E-state index in [2.05, 4.69) is 0 Å². The van der Waals surface area contributed by atoms with E-state index in [0.29, 0.717) is 37.4 Å². The van der Waals surface area contributed by atoms with Gasteiger partial charge < -0.3 is 14.7 Å². The Morgan fingerprint density at radius 2 is 1.83 bits per heavy atom. The van der Waals surface area contributed by atoms with Crippen LogP contribution in [0.4, 0.5) is 5.69 Å². The van der Waals surface area contributed by atoms with Gasteiger partial charge in [0.05, 0.1) is 11.6 Å². The van der Waals surface area contributed by atoms with Crippen molar-refractivity contribution in [3.05, 3.63) is 29.8 Å². The van der Waals surface area contributed by atoms with E-state index in [4.69, 9.17) is 5.26 Å². The molecule has 0 atom stereocenters. The zero-order valence-corrected chi connectivity index (χ0v) is 12.9. The fourth-order valence-electron chi connectivity index (χ4n) is 2.41. The average Bonchev–Trinajstić information content (AvgIpc) is 2.59. The van der Waals surface area contributed by atoms with Crippen LogP contribution >= 0.6 is 0 Å². The lowest BCUT2D eigenvalue weighted by atomic mass is 10.2. The van der Waals surface area contributed by atoms with E-state index < -0.39 is 0 Å². The minimum atomic E-state index is -0.241. The topological polar surface area (TPSA) is 84.7 Å². The van der Waals surface area contributed by atoms with E-state index in [9.17, 15) is 14.4 Å². The predicted octanol–water partition coefficient (Wildman–Crippen LogP) is 0.212. The van der Waals surface area contributed by atoms with Crippen LogP contribution in [-0.2, 0) is 14.4 Å². The van der Waals surface area contributed by atoms with Crippen molar-refractivity contribution in [3.63, 3.8) is 0 Å². The van der Waals surface area contributed by atoms with Crippen LogP contribution in [-0.4, -0.2) is 60.7 Å². The number of amides is 3. The molecule has 0 bridgehead atoms. The summed E-state index contributed by atoms with van der Waals surface area (Å²) in [5.74, 6) is -0.398. The fraction of sp³-hybridized carbons (Fsp3) is 0.375. The van der Waals surface area contributed by atoms with Gasteiger partial charge in [0.15, 0.2) is 0 Å². The summed E-state index contributed by atoms with van der Waals surface area (Å²) in [4.78, 5) is 39.6. The van der Waals surface area contributed by atoms with Gasteiger partial charge in [-0.1, -0.05) is 0 Å². The highest BCUT2D eigenvalue weighted by atomic mass is 16.2. The van der Waals surface area contributed by atoms with Crippen LogP contribution in [0.2, 0.25) is 0 Å². The monoisotopic (exact) mass is 314 g/mol. The number of hydrogen-bond acceptors (Lipinski definition) is 4. The maximum atomic E-state index is 12.4.